The van der Waals surface area contributed by atoms with E-state index in [1.807, 2.05) is 37.3 Å². The van der Waals surface area contributed by atoms with Gasteiger partial charge in [0.25, 0.3) is 0 Å². The van der Waals surface area contributed by atoms with Gasteiger partial charge in [0.05, 0.1) is 0 Å². The highest BCUT2D eigenvalue weighted by molar-refractivity contribution is 5.95. The largest absolute Gasteiger partial charge is 0.351 e. The van der Waals surface area contributed by atoms with Crippen LogP contribution in [0.15, 0.2) is 30.3 Å². The van der Waals surface area contributed by atoms with Crippen molar-refractivity contribution < 1.29 is 4.79 Å². The third-order valence-electron chi connectivity index (χ3n) is 4.08. The van der Waals surface area contributed by atoms with Crippen molar-refractivity contribution in [1.82, 2.24) is 9.97 Å². The highest BCUT2D eigenvalue weighted by atomic mass is 16.1. The van der Waals surface area contributed by atoms with Crippen molar-refractivity contribution in [2.45, 2.75) is 45.6 Å². The van der Waals surface area contributed by atoms with Crippen molar-refractivity contribution >= 4 is 23.2 Å². The zero-order valence-electron chi connectivity index (χ0n) is 13.6. The third-order valence-corrected chi connectivity index (χ3v) is 4.08. The number of anilines is 3. The summed E-state index contributed by atoms with van der Waals surface area (Å²) >= 11 is 0. The lowest BCUT2D eigenvalue weighted by molar-refractivity contribution is 0.101. The van der Waals surface area contributed by atoms with Gasteiger partial charge < -0.3 is 10.6 Å². The lowest BCUT2D eigenvalue weighted by Crippen LogP contribution is -2.17. The number of carbonyl (C=O) groups is 1. The van der Waals surface area contributed by atoms with E-state index in [2.05, 4.69) is 20.6 Å². The monoisotopic (exact) mass is 310 g/mol. The first-order valence-corrected chi connectivity index (χ1v) is 8.10. The molecule has 0 atom stereocenters. The maximum absolute atomic E-state index is 11.5. The molecular formula is C18H22N4O. The Hall–Kier alpha value is -2.43. The predicted molar refractivity (Wildman–Crippen MR) is 92.4 cm³/mol. The lowest BCUT2D eigenvalue weighted by Gasteiger charge is -2.14. The van der Waals surface area contributed by atoms with E-state index < -0.39 is 0 Å². The molecule has 2 N–H and O–H groups in total. The zero-order chi connectivity index (χ0) is 16.2. The van der Waals surface area contributed by atoms with Gasteiger partial charge >= 0.3 is 0 Å². The first-order chi connectivity index (χ1) is 11.1. The van der Waals surface area contributed by atoms with Gasteiger partial charge in [-0.2, -0.15) is 4.98 Å². The van der Waals surface area contributed by atoms with Crippen LogP contribution in [-0.4, -0.2) is 21.8 Å². The molecule has 1 aromatic carbocycles. The molecular weight excluding hydrogens is 288 g/mol. The Morgan fingerprint density at radius 2 is 1.96 bits per heavy atom. The maximum Gasteiger partial charge on any atom is 0.225 e. The number of carbonyl (C=O) groups excluding carboxylic acids is 1. The molecule has 0 radical (unpaired) electrons. The van der Waals surface area contributed by atoms with E-state index in [0.717, 1.165) is 17.2 Å². The molecule has 1 aromatic heterocycles. The molecule has 0 spiro atoms. The van der Waals surface area contributed by atoms with E-state index in [9.17, 15) is 4.79 Å². The summed E-state index contributed by atoms with van der Waals surface area (Å²) in [7, 11) is 0. The summed E-state index contributed by atoms with van der Waals surface area (Å²) < 4.78 is 0. The molecule has 0 bridgehead atoms. The Labute approximate surface area is 136 Å². The first-order valence-electron chi connectivity index (χ1n) is 8.10. The quantitative estimate of drug-likeness (QED) is 0.814. The van der Waals surface area contributed by atoms with Crippen LogP contribution in [0.4, 0.5) is 17.5 Å². The Morgan fingerprint density at radius 3 is 2.70 bits per heavy atom. The molecule has 2 aromatic rings. The van der Waals surface area contributed by atoms with E-state index in [-0.39, 0.29) is 5.78 Å². The Morgan fingerprint density at radius 1 is 1.17 bits per heavy atom. The Bertz CT molecular complexity index is 708. The minimum absolute atomic E-state index is 0.0520. The first kappa shape index (κ1) is 15.5. The number of nitrogens with one attached hydrogen (secondary N) is 2. The van der Waals surface area contributed by atoms with Gasteiger partial charge in [0.15, 0.2) is 5.78 Å². The van der Waals surface area contributed by atoms with Crippen LogP contribution in [0.2, 0.25) is 0 Å². The van der Waals surface area contributed by atoms with Crippen molar-refractivity contribution in [2.75, 3.05) is 10.6 Å². The zero-order valence-corrected chi connectivity index (χ0v) is 13.6. The average Bonchev–Trinajstić information content (AvgIpc) is 2.99. The van der Waals surface area contributed by atoms with Crippen molar-refractivity contribution in [1.29, 1.82) is 0 Å². The molecule has 1 aliphatic rings. The number of ketones is 1. The van der Waals surface area contributed by atoms with Gasteiger partial charge in [0.1, 0.15) is 5.82 Å². The number of benzene rings is 1. The molecule has 5 heteroatoms. The maximum atomic E-state index is 11.5. The average molecular weight is 310 g/mol. The van der Waals surface area contributed by atoms with E-state index in [1.165, 1.54) is 25.7 Å². The molecule has 0 unspecified atom stereocenters. The third kappa shape index (κ3) is 4.06. The second kappa shape index (κ2) is 6.77. The van der Waals surface area contributed by atoms with Gasteiger partial charge in [-0.3, -0.25) is 4.79 Å². The number of aromatic nitrogens is 2. The summed E-state index contributed by atoms with van der Waals surface area (Å²) in [5.41, 5.74) is 2.44. The van der Waals surface area contributed by atoms with Crippen molar-refractivity contribution in [2.24, 2.45) is 0 Å². The highest BCUT2D eigenvalue weighted by Gasteiger charge is 2.16. The molecule has 3 rings (SSSR count). The van der Waals surface area contributed by atoms with Crippen LogP contribution in [0.25, 0.3) is 0 Å². The van der Waals surface area contributed by atoms with Crippen molar-refractivity contribution in [3.63, 3.8) is 0 Å². The fourth-order valence-electron chi connectivity index (χ4n) is 2.91. The summed E-state index contributed by atoms with van der Waals surface area (Å²) in [5.74, 6) is 1.46. The minimum Gasteiger partial charge on any atom is -0.351 e. The van der Waals surface area contributed by atoms with Crippen LogP contribution >= 0.6 is 0 Å². The van der Waals surface area contributed by atoms with Crippen molar-refractivity contribution in [3.05, 3.63) is 41.6 Å². The van der Waals surface area contributed by atoms with Crippen LogP contribution in [-0.2, 0) is 0 Å². The molecule has 1 saturated carbocycles. The van der Waals surface area contributed by atoms with Crippen LogP contribution in [0.1, 0.15) is 48.7 Å². The van der Waals surface area contributed by atoms with Gasteiger partial charge in [-0.15, -0.1) is 0 Å². The molecule has 0 saturated heterocycles. The normalized spacial score (nSPS) is 14.7. The van der Waals surface area contributed by atoms with E-state index in [1.54, 1.807) is 6.92 Å². The smallest absolute Gasteiger partial charge is 0.225 e. The predicted octanol–water partition coefficient (Wildman–Crippen LogP) is 4.09. The van der Waals surface area contributed by atoms with Gasteiger partial charge in [-0.05, 0) is 38.8 Å². The standard InChI is InChI=1S/C18H22N4O/c1-12-10-17(20-16-9-5-6-14(11-16)13(2)23)22-18(19-12)21-15-7-3-4-8-15/h5-6,9-11,15H,3-4,7-8H2,1-2H3,(H2,19,20,21,22). The molecule has 0 aliphatic heterocycles. The van der Waals surface area contributed by atoms with Gasteiger partial charge in [0, 0.05) is 29.1 Å². The van der Waals surface area contributed by atoms with E-state index in [0.29, 0.717) is 17.6 Å². The van der Waals surface area contributed by atoms with Crippen LogP contribution in [0.5, 0.6) is 0 Å². The number of rotatable bonds is 5. The topological polar surface area (TPSA) is 66.9 Å². The van der Waals surface area contributed by atoms with Gasteiger partial charge in [0.2, 0.25) is 5.95 Å². The number of Topliss-reactive ketones (excluding diaryl/α,β-unsaturated/α-hetero) is 1. The number of aryl methyl sites for hydroxylation is 1. The van der Waals surface area contributed by atoms with Gasteiger partial charge in [-0.25, -0.2) is 4.98 Å². The molecule has 1 fully saturated rings. The highest BCUT2D eigenvalue weighted by Crippen LogP contribution is 2.23. The SMILES string of the molecule is CC(=O)c1cccc(Nc2cc(C)nc(NC3CCCC3)n2)c1. The molecule has 5 nitrogen and oxygen atoms in total. The summed E-state index contributed by atoms with van der Waals surface area (Å²) in [6.07, 6.45) is 4.90. The molecule has 0 amide bonds. The number of hydrogen-bond acceptors (Lipinski definition) is 5. The Kier molecular flexibility index (Phi) is 4.55. The van der Waals surface area contributed by atoms with E-state index in [4.69, 9.17) is 0 Å². The van der Waals surface area contributed by atoms with Crippen LogP contribution in [0, 0.1) is 6.92 Å². The van der Waals surface area contributed by atoms with Gasteiger partial charge in [-0.1, -0.05) is 25.0 Å². The molecule has 1 aliphatic carbocycles. The summed E-state index contributed by atoms with van der Waals surface area (Å²) in [6.45, 7) is 3.52. The van der Waals surface area contributed by atoms with Crippen LogP contribution in [0.3, 0.4) is 0 Å². The summed E-state index contributed by atoms with van der Waals surface area (Å²) in [4.78, 5) is 20.5. The molecule has 23 heavy (non-hydrogen) atoms. The van der Waals surface area contributed by atoms with Crippen LogP contribution < -0.4 is 10.6 Å². The van der Waals surface area contributed by atoms with E-state index >= 15 is 0 Å². The summed E-state index contributed by atoms with van der Waals surface area (Å²) in [6, 6.07) is 9.82. The summed E-state index contributed by atoms with van der Waals surface area (Å²) in [5, 5.41) is 6.68. The molecule has 120 valence electrons. The Balaban J connectivity index is 1.78. The number of hydrogen-bond donors (Lipinski definition) is 2. The fourth-order valence-corrected chi connectivity index (χ4v) is 2.91. The lowest BCUT2D eigenvalue weighted by atomic mass is 10.1. The molecule has 1 heterocycles. The van der Waals surface area contributed by atoms with Crippen molar-refractivity contribution in [3.8, 4) is 0 Å². The number of nitrogens with zero attached hydrogens (tertiary/aromatic N) is 2. The fraction of sp³-hybridized carbons (Fsp3) is 0.389. The second-order valence-electron chi connectivity index (χ2n) is 6.11. The minimum atomic E-state index is 0.0520. The second-order valence-corrected chi connectivity index (χ2v) is 6.11.